The number of hydrogen-bond donors (Lipinski definition) is 1. The third-order valence-corrected chi connectivity index (χ3v) is 3.06. The van der Waals surface area contributed by atoms with E-state index in [0.29, 0.717) is 11.4 Å². The van der Waals surface area contributed by atoms with Gasteiger partial charge in [0.15, 0.2) is 0 Å². The lowest BCUT2D eigenvalue weighted by Gasteiger charge is -2.07. The molecular weight excluding hydrogens is 230 g/mol. The Balaban J connectivity index is 2.35. The van der Waals surface area contributed by atoms with E-state index >= 15 is 0 Å². The van der Waals surface area contributed by atoms with E-state index in [2.05, 4.69) is 28.7 Å². The van der Waals surface area contributed by atoms with E-state index < -0.39 is 0 Å². The Kier molecular flexibility index (Phi) is 3.73. The number of nitrogens with zero attached hydrogens (tertiary/aromatic N) is 2. The predicted octanol–water partition coefficient (Wildman–Crippen LogP) is 3.50. The van der Waals surface area contributed by atoms with Crippen LogP contribution in [0.15, 0.2) is 29.0 Å². The summed E-state index contributed by atoms with van der Waals surface area (Å²) in [7, 11) is 0. The molecule has 4 heteroatoms. The normalized spacial score (nSPS) is 9.88. The van der Waals surface area contributed by atoms with E-state index in [-0.39, 0.29) is 0 Å². The Labute approximate surface area is 105 Å². The number of nitriles is 1. The van der Waals surface area contributed by atoms with E-state index in [0.717, 1.165) is 24.2 Å². The quantitative estimate of drug-likeness (QED) is 0.894. The maximum Gasteiger partial charge on any atom is 0.144 e. The van der Waals surface area contributed by atoms with E-state index in [1.807, 2.05) is 23.6 Å². The highest BCUT2D eigenvalue weighted by Gasteiger charge is 2.06. The summed E-state index contributed by atoms with van der Waals surface area (Å²) in [5.41, 5.74) is 2.60. The molecule has 2 aromatic heterocycles. The summed E-state index contributed by atoms with van der Waals surface area (Å²) in [5, 5.41) is 16.3. The monoisotopic (exact) mass is 243 g/mol. The molecule has 0 aromatic carbocycles. The number of anilines is 1. The van der Waals surface area contributed by atoms with Crippen LogP contribution in [-0.4, -0.2) is 11.5 Å². The Bertz CT molecular complexity index is 526. The number of hydrogen-bond acceptors (Lipinski definition) is 4. The lowest BCUT2D eigenvalue weighted by atomic mass is 10.2. The van der Waals surface area contributed by atoms with Gasteiger partial charge in [0.25, 0.3) is 0 Å². The standard InChI is InChI=1S/C13H13N3S/c1-2-6-15-13-10(8-14)3-4-12(16-13)11-5-7-17-9-11/h3-5,7,9H,2,6H2,1H3,(H,15,16). The molecule has 0 saturated carbocycles. The summed E-state index contributed by atoms with van der Waals surface area (Å²) in [5.74, 6) is 0.679. The van der Waals surface area contributed by atoms with Gasteiger partial charge in [0.05, 0.1) is 11.3 Å². The highest BCUT2D eigenvalue weighted by molar-refractivity contribution is 7.08. The van der Waals surface area contributed by atoms with Crippen molar-refractivity contribution in [2.24, 2.45) is 0 Å². The SMILES string of the molecule is CCCNc1nc(-c2ccsc2)ccc1C#N. The average Bonchev–Trinajstić information content (AvgIpc) is 2.89. The molecule has 0 aliphatic rings. The molecule has 86 valence electrons. The van der Waals surface area contributed by atoms with Crippen LogP contribution < -0.4 is 5.32 Å². The maximum absolute atomic E-state index is 9.01. The Morgan fingerprint density at radius 3 is 2.94 bits per heavy atom. The summed E-state index contributed by atoms with van der Waals surface area (Å²) in [6, 6.07) is 7.89. The second-order valence-corrected chi connectivity index (χ2v) is 4.42. The topological polar surface area (TPSA) is 48.7 Å². The second-order valence-electron chi connectivity index (χ2n) is 3.64. The molecular formula is C13H13N3S. The first-order valence-corrected chi connectivity index (χ1v) is 6.47. The fourth-order valence-electron chi connectivity index (χ4n) is 1.50. The van der Waals surface area contributed by atoms with Crippen molar-refractivity contribution in [2.75, 3.05) is 11.9 Å². The first-order valence-electron chi connectivity index (χ1n) is 5.52. The predicted molar refractivity (Wildman–Crippen MR) is 71.0 cm³/mol. The molecule has 17 heavy (non-hydrogen) atoms. The summed E-state index contributed by atoms with van der Waals surface area (Å²) in [6.07, 6.45) is 1.01. The van der Waals surface area contributed by atoms with Gasteiger partial charge in [-0.1, -0.05) is 6.92 Å². The van der Waals surface area contributed by atoms with E-state index in [1.165, 1.54) is 0 Å². The van der Waals surface area contributed by atoms with Gasteiger partial charge < -0.3 is 5.32 Å². The van der Waals surface area contributed by atoms with Crippen molar-refractivity contribution in [3.63, 3.8) is 0 Å². The van der Waals surface area contributed by atoms with Crippen LogP contribution in [0.25, 0.3) is 11.3 Å². The lowest BCUT2D eigenvalue weighted by Crippen LogP contribution is -2.04. The van der Waals surface area contributed by atoms with Crippen molar-refractivity contribution in [1.82, 2.24) is 4.98 Å². The van der Waals surface area contributed by atoms with Gasteiger partial charge in [-0.3, -0.25) is 0 Å². The Morgan fingerprint density at radius 2 is 2.29 bits per heavy atom. The van der Waals surface area contributed by atoms with Crippen LogP contribution in [0.2, 0.25) is 0 Å². The molecule has 0 bridgehead atoms. The van der Waals surface area contributed by atoms with Crippen molar-refractivity contribution < 1.29 is 0 Å². The van der Waals surface area contributed by atoms with Crippen molar-refractivity contribution in [3.8, 4) is 17.3 Å². The highest BCUT2D eigenvalue weighted by atomic mass is 32.1. The second kappa shape index (κ2) is 5.46. The molecule has 1 N–H and O–H groups in total. The molecule has 0 aliphatic heterocycles. The van der Waals surface area contributed by atoms with Gasteiger partial charge in [-0.05, 0) is 30.0 Å². The van der Waals surface area contributed by atoms with Gasteiger partial charge in [-0.15, -0.1) is 0 Å². The van der Waals surface area contributed by atoms with Crippen LogP contribution in [0, 0.1) is 11.3 Å². The minimum absolute atomic E-state index is 0.595. The third-order valence-electron chi connectivity index (χ3n) is 2.38. The van der Waals surface area contributed by atoms with Crippen LogP contribution in [0.3, 0.4) is 0 Å². The third kappa shape index (κ3) is 2.63. The van der Waals surface area contributed by atoms with Crippen LogP contribution in [0.4, 0.5) is 5.82 Å². The molecule has 3 nitrogen and oxygen atoms in total. The molecule has 0 unspecified atom stereocenters. The van der Waals surface area contributed by atoms with Crippen LogP contribution in [0.1, 0.15) is 18.9 Å². The zero-order chi connectivity index (χ0) is 12.1. The van der Waals surface area contributed by atoms with Gasteiger partial charge in [0, 0.05) is 17.5 Å². The van der Waals surface area contributed by atoms with Gasteiger partial charge in [-0.25, -0.2) is 4.98 Å². The summed E-state index contributed by atoms with van der Waals surface area (Å²) < 4.78 is 0. The molecule has 0 amide bonds. The van der Waals surface area contributed by atoms with E-state index in [4.69, 9.17) is 5.26 Å². The van der Waals surface area contributed by atoms with Crippen LogP contribution in [0.5, 0.6) is 0 Å². The minimum atomic E-state index is 0.595. The molecule has 0 saturated heterocycles. The Morgan fingerprint density at radius 1 is 1.41 bits per heavy atom. The van der Waals surface area contributed by atoms with Crippen molar-refractivity contribution in [1.29, 1.82) is 5.26 Å². The van der Waals surface area contributed by atoms with E-state index in [9.17, 15) is 0 Å². The molecule has 0 spiro atoms. The lowest BCUT2D eigenvalue weighted by molar-refractivity contribution is 0.968. The van der Waals surface area contributed by atoms with E-state index in [1.54, 1.807) is 11.3 Å². The molecule has 2 heterocycles. The summed E-state index contributed by atoms with van der Waals surface area (Å²) in [6.45, 7) is 2.91. The molecule has 0 aliphatic carbocycles. The number of nitrogens with one attached hydrogen (secondary N) is 1. The number of thiophene rings is 1. The van der Waals surface area contributed by atoms with Crippen molar-refractivity contribution >= 4 is 17.2 Å². The Hall–Kier alpha value is -1.86. The zero-order valence-corrected chi connectivity index (χ0v) is 10.4. The molecule has 0 radical (unpaired) electrons. The molecule has 2 aromatic rings. The smallest absolute Gasteiger partial charge is 0.144 e. The molecule has 2 rings (SSSR count). The molecule has 0 atom stereocenters. The molecule has 0 fully saturated rings. The van der Waals surface area contributed by atoms with Crippen LogP contribution in [-0.2, 0) is 0 Å². The van der Waals surface area contributed by atoms with Gasteiger partial charge in [0.1, 0.15) is 11.9 Å². The first kappa shape index (κ1) is 11.6. The van der Waals surface area contributed by atoms with Gasteiger partial charge >= 0.3 is 0 Å². The number of pyridine rings is 1. The maximum atomic E-state index is 9.01. The van der Waals surface area contributed by atoms with Gasteiger partial charge in [-0.2, -0.15) is 16.6 Å². The van der Waals surface area contributed by atoms with Crippen molar-refractivity contribution in [2.45, 2.75) is 13.3 Å². The fourth-order valence-corrected chi connectivity index (χ4v) is 2.15. The zero-order valence-electron chi connectivity index (χ0n) is 9.60. The fraction of sp³-hybridized carbons (Fsp3) is 0.231. The summed E-state index contributed by atoms with van der Waals surface area (Å²) >= 11 is 1.64. The largest absolute Gasteiger partial charge is 0.369 e. The average molecular weight is 243 g/mol. The number of rotatable bonds is 4. The highest BCUT2D eigenvalue weighted by Crippen LogP contribution is 2.23. The van der Waals surface area contributed by atoms with Gasteiger partial charge in [0.2, 0.25) is 0 Å². The van der Waals surface area contributed by atoms with Crippen LogP contribution >= 0.6 is 11.3 Å². The number of aromatic nitrogens is 1. The first-order chi connectivity index (χ1) is 8.35. The van der Waals surface area contributed by atoms with Crippen molar-refractivity contribution in [3.05, 3.63) is 34.5 Å². The minimum Gasteiger partial charge on any atom is -0.369 e. The summed E-state index contributed by atoms with van der Waals surface area (Å²) in [4.78, 5) is 4.50.